The number of nitrogens with zero attached hydrogens (tertiary/aromatic N) is 8. The summed E-state index contributed by atoms with van der Waals surface area (Å²) in [4.78, 5) is 39.7. The summed E-state index contributed by atoms with van der Waals surface area (Å²) in [6.45, 7) is -0.473. The fourth-order valence-corrected chi connectivity index (χ4v) is 9.77. The minimum absolute atomic E-state index is 0. The molecular formula is C64H36F12N8O4Zn. The monoisotopic (exact) mass is 1270 g/mol. The van der Waals surface area contributed by atoms with Gasteiger partial charge in [-0.1, -0.05) is 48.5 Å². The largest absolute Gasteiger partial charge is 2.00 e. The SMILES string of the molecule is FC(F)(F)c1ccc(COc2ccc3c(c2)-c2nc-3nc3[n-]c(nc4nc(nc5[n-]c(n2)c2ccc(OCc6ccc(C(F)(F)F)cc6)cc52)-c2ccc(OCc5ccc(C(F)(F)F)cc5)cc2-4)c2ccc(OCc4ccc(C(F)(F)F)cc4)cc32)cc1.[Zn+2]. The van der Waals surface area contributed by atoms with Crippen LogP contribution in [0.25, 0.3) is 89.7 Å². The summed E-state index contributed by atoms with van der Waals surface area (Å²) < 4.78 is 185. The van der Waals surface area contributed by atoms with Gasteiger partial charge >= 0.3 is 44.2 Å². The van der Waals surface area contributed by atoms with Gasteiger partial charge in [-0.25, -0.2) is 9.97 Å². The van der Waals surface area contributed by atoms with E-state index in [4.69, 9.17) is 58.8 Å². The van der Waals surface area contributed by atoms with Crippen LogP contribution in [0.1, 0.15) is 44.5 Å². The van der Waals surface area contributed by atoms with Crippen molar-refractivity contribution in [1.29, 1.82) is 0 Å². The Hall–Kier alpha value is -9.90. The summed E-state index contributed by atoms with van der Waals surface area (Å²) >= 11 is 0. The summed E-state index contributed by atoms with van der Waals surface area (Å²) in [5, 5.41) is 1.66. The molecule has 0 aliphatic carbocycles. The van der Waals surface area contributed by atoms with Crippen LogP contribution in [-0.4, -0.2) is 29.9 Å². The Morgan fingerprint density at radius 2 is 0.517 bits per heavy atom. The quantitative estimate of drug-likeness (QED) is 0.0849. The van der Waals surface area contributed by atoms with Gasteiger partial charge in [0.2, 0.25) is 0 Å². The zero-order valence-corrected chi connectivity index (χ0v) is 48.4. The maximum absolute atomic E-state index is 13.4. The van der Waals surface area contributed by atoms with Crippen LogP contribution < -0.4 is 28.9 Å². The molecule has 0 fully saturated rings. The first-order chi connectivity index (χ1) is 42.0. The molecule has 0 spiro atoms. The molecule has 25 heteroatoms. The molecule has 0 radical (unpaired) electrons. The van der Waals surface area contributed by atoms with Gasteiger partial charge in [0.25, 0.3) is 0 Å². The number of hydrogen-bond donors (Lipinski definition) is 0. The molecule has 0 saturated heterocycles. The molecule has 11 aromatic rings. The van der Waals surface area contributed by atoms with Crippen molar-refractivity contribution in [2.45, 2.75) is 51.1 Å². The van der Waals surface area contributed by atoms with Crippen molar-refractivity contribution in [2.24, 2.45) is 0 Å². The molecule has 8 bridgehead atoms. The van der Waals surface area contributed by atoms with Gasteiger partial charge in [0.05, 0.1) is 45.6 Å². The third-order valence-corrected chi connectivity index (χ3v) is 14.3. The number of hydrogen-bond acceptors (Lipinski definition) is 10. The fraction of sp³-hybridized carbons (Fsp3) is 0.125. The zero-order valence-electron chi connectivity index (χ0n) is 45.4. The fourth-order valence-electron chi connectivity index (χ4n) is 9.77. The van der Waals surface area contributed by atoms with Gasteiger partial charge < -0.3 is 48.9 Å². The van der Waals surface area contributed by atoms with E-state index in [1.54, 1.807) is 72.8 Å². The maximum Gasteiger partial charge on any atom is 2.00 e. The van der Waals surface area contributed by atoms with E-state index in [1.807, 2.05) is 0 Å². The third-order valence-electron chi connectivity index (χ3n) is 14.3. The number of benzene rings is 8. The average molecular weight is 1270 g/mol. The number of fused-ring (bicyclic) bond motifs is 20. The van der Waals surface area contributed by atoms with Gasteiger partial charge in [0.15, 0.2) is 0 Å². The summed E-state index contributed by atoms with van der Waals surface area (Å²) in [5.41, 5.74) is 0.508. The number of halogens is 12. The van der Waals surface area contributed by atoms with Crippen molar-refractivity contribution in [3.05, 3.63) is 214 Å². The molecule has 12 nitrogen and oxygen atoms in total. The molecular weight excluding hydrogens is 1240 g/mol. The van der Waals surface area contributed by atoms with Gasteiger partial charge in [-0.3, -0.25) is 0 Å². The molecule has 0 amide bonds. The van der Waals surface area contributed by atoms with Crippen LogP contribution in [0.15, 0.2) is 170 Å². The number of aromatic nitrogens is 8. The Morgan fingerprint density at radius 3 is 0.798 bits per heavy atom. The molecule has 2 aliphatic rings. The summed E-state index contributed by atoms with van der Waals surface area (Å²) in [5.74, 6) is 1.50. The van der Waals surface area contributed by atoms with Gasteiger partial charge in [-0.05, 0) is 165 Å². The van der Waals surface area contributed by atoms with E-state index in [9.17, 15) is 52.7 Å². The van der Waals surface area contributed by atoms with Gasteiger partial charge in [0, 0.05) is 44.8 Å². The van der Waals surface area contributed by atoms with E-state index in [0.717, 1.165) is 48.5 Å². The summed E-state index contributed by atoms with van der Waals surface area (Å²) in [7, 11) is 0. The summed E-state index contributed by atoms with van der Waals surface area (Å²) in [6, 6.07) is 37.7. The average Bonchev–Trinajstić information content (AvgIpc) is 1.69. The predicted octanol–water partition coefficient (Wildman–Crippen LogP) is 16.5. The molecule has 13 rings (SSSR count). The number of alkyl halides is 12. The Bertz CT molecular complexity index is 4390. The minimum Gasteiger partial charge on any atom is -0.489 e. The summed E-state index contributed by atoms with van der Waals surface area (Å²) in [6.07, 6.45) is -18.2. The molecule has 2 aliphatic heterocycles. The Balaban J connectivity index is 0.00000769. The molecule has 8 aromatic carbocycles. The van der Waals surface area contributed by atoms with Crippen molar-refractivity contribution < 1.29 is 91.1 Å². The minimum atomic E-state index is -4.54. The number of rotatable bonds is 12. The Kier molecular flexibility index (Phi) is 15.4. The second kappa shape index (κ2) is 23.0. The van der Waals surface area contributed by atoms with Crippen LogP contribution in [0.3, 0.4) is 0 Å². The second-order valence-electron chi connectivity index (χ2n) is 20.2. The van der Waals surface area contributed by atoms with E-state index in [2.05, 4.69) is 0 Å². The van der Waals surface area contributed by atoms with Gasteiger partial charge in [-0.2, -0.15) is 52.7 Å². The molecule has 442 valence electrons. The van der Waals surface area contributed by atoms with Crippen LogP contribution in [0.4, 0.5) is 52.7 Å². The van der Waals surface area contributed by atoms with Gasteiger partial charge in [0.1, 0.15) is 49.4 Å². The maximum atomic E-state index is 13.4. The van der Waals surface area contributed by atoms with E-state index in [1.165, 1.54) is 48.5 Å². The van der Waals surface area contributed by atoms with Crippen molar-refractivity contribution >= 4 is 44.1 Å². The van der Waals surface area contributed by atoms with Crippen LogP contribution >= 0.6 is 0 Å². The topological polar surface area (TPSA) is 142 Å². The second-order valence-corrected chi connectivity index (χ2v) is 20.2. The zero-order chi connectivity index (χ0) is 61.3. The van der Waals surface area contributed by atoms with Crippen LogP contribution in [0.2, 0.25) is 0 Å². The van der Waals surface area contributed by atoms with Crippen molar-refractivity contribution in [1.82, 2.24) is 39.9 Å². The van der Waals surface area contributed by atoms with Crippen LogP contribution in [0, 0.1) is 0 Å². The molecule has 0 N–H and O–H groups in total. The number of ether oxygens (including phenoxy) is 4. The normalized spacial score (nSPS) is 12.4. The third kappa shape index (κ3) is 12.5. The first kappa shape index (κ1) is 59.4. The first-order valence-electron chi connectivity index (χ1n) is 26.5. The molecule has 0 atom stereocenters. The van der Waals surface area contributed by atoms with Crippen molar-refractivity contribution in [2.75, 3.05) is 0 Å². The van der Waals surface area contributed by atoms with Crippen LogP contribution in [-0.2, 0) is 70.6 Å². The molecule has 0 saturated carbocycles. The van der Waals surface area contributed by atoms with E-state index in [0.29, 0.717) is 66.1 Å². The van der Waals surface area contributed by atoms with Crippen LogP contribution in [0.5, 0.6) is 23.0 Å². The molecule has 89 heavy (non-hydrogen) atoms. The van der Waals surface area contributed by atoms with Crippen molar-refractivity contribution in [3.8, 4) is 68.5 Å². The Labute approximate surface area is 507 Å². The first-order valence-corrected chi connectivity index (χ1v) is 26.5. The van der Waals surface area contributed by atoms with E-state index in [-0.39, 0.29) is 115 Å². The molecule has 5 heterocycles. The molecule has 3 aromatic heterocycles. The smallest absolute Gasteiger partial charge is 0.489 e. The molecule has 0 unspecified atom stereocenters. The van der Waals surface area contributed by atoms with E-state index >= 15 is 0 Å². The van der Waals surface area contributed by atoms with E-state index < -0.39 is 47.0 Å². The van der Waals surface area contributed by atoms with Crippen molar-refractivity contribution in [3.63, 3.8) is 0 Å². The van der Waals surface area contributed by atoms with Gasteiger partial charge in [-0.15, -0.1) is 0 Å². The standard InChI is InChI=1S/C64H36F12N8O4.Zn/c65-61(66,67)37-9-1-33(2-10-37)29-85-41-17-21-45-49(25-41)57-77-53(45)82-58-51-27-43(87-31-35-5-13-39(14-6-35)63(71,72)73)19-23-47(51)55(79-58)84-60-52-28-44(88-32-36-7-15-40(16-8-36)64(74,75)76)20-24-48(52)56(80-60)83-59-50-26-42(18-22-46(50)54(78-59)81-57)86-30-34-3-11-38(12-4-34)62(68,69)70;/h1-28H,29-32H2;/q-2;+2. The predicted molar refractivity (Wildman–Crippen MR) is 297 cm³/mol. The Morgan fingerprint density at radius 1 is 0.270 bits per heavy atom.